The molecule has 0 spiro atoms. The topological polar surface area (TPSA) is 9.23 Å². The van der Waals surface area contributed by atoms with Gasteiger partial charge in [-0.05, 0) is 0 Å². The van der Waals surface area contributed by atoms with Crippen molar-refractivity contribution in [1.29, 1.82) is 0 Å². The van der Waals surface area contributed by atoms with Crippen LogP contribution < -0.4 is 4.74 Å². The van der Waals surface area contributed by atoms with Crippen molar-refractivity contribution in [3.63, 3.8) is 0 Å². The number of ether oxygens (including phenoxy) is 1. The maximum Gasteiger partial charge on any atom is 0.221 e. The highest BCUT2D eigenvalue weighted by atomic mass is 35.6. The molecule has 16 heavy (non-hydrogen) atoms. The van der Waals surface area contributed by atoms with Crippen LogP contribution >= 0.6 is 34.8 Å². The second-order valence-corrected chi connectivity index (χ2v) is 4.94. The molecule has 0 aliphatic carbocycles. The predicted molar refractivity (Wildman–Crippen MR) is 52.1 cm³/mol. The van der Waals surface area contributed by atoms with Crippen LogP contribution in [-0.4, -0.2) is 7.11 Å². The van der Waals surface area contributed by atoms with E-state index in [-0.39, 0.29) is 0 Å². The van der Waals surface area contributed by atoms with Crippen molar-refractivity contribution in [2.75, 3.05) is 7.11 Å². The van der Waals surface area contributed by atoms with Crippen molar-refractivity contribution in [3.8, 4) is 5.75 Å². The van der Waals surface area contributed by atoms with Crippen molar-refractivity contribution in [3.05, 3.63) is 28.8 Å². The van der Waals surface area contributed by atoms with Crippen LogP contribution in [-0.2, 0) is 3.79 Å². The van der Waals surface area contributed by atoms with Gasteiger partial charge in [0.25, 0.3) is 0 Å². The molecule has 0 saturated carbocycles. The summed E-state index contributed by atoms with van der Waals surface area (Å²) in [5, 5.41) is 0. The summed E-state index contributed by atoms with van der Waals surface area (Å²) in [6.45, 7) is 0. The fraction of sp³-hybridized carbons (Fsp3) is 0.250. The van der Waals surface area contributed by atoms with Crippen LogP contribution in [0.5, 0.6) is 5.75 Å². The highest BCUT2D eigenvalue weighted by molar-refractivity contribution is 6.66. The van der Waals surface area contributed by atoms with Crippen LogP contribution in [0.2, 0.25) is 0 Å². The maximum absolute atomic E-state index is 13.3. The van der Waals surface area contributed by atoms with Gasteiger partial charge in [0, 0.05) is 0 Å². The molecule has 0 saturated heterocycles. The summed E-state index contributed by atoms with van der Waals surface area (Å²) in [6, 6.07) is 0. The summed E-state index contributed by atoms with van der Waals surface area (Å²) in [7, 11) is 0.843. The monoisotopic (exact) mass is 296 g/mol. The van der Waals surface area contributed by atoms with Gasteiger partial charge in [0.2, 0.25) is 15.4 Å². The van der Waals surface area contributed by atoms with Gasteiger partial charge in [-0.25, -0.2) is 8.78 Å². The van der Waals surface area contributed by atoms with Crippen molar-refractivity contribution in [1.82, 2.24) is 0 Å². The van der Waals surface area contributed by atoms with Crippen molar-refractivity contribution < 1.29 is 22.3 Å². The van der Waals surface area contributed by atoms with Crippen LogP contribution in [0.4, 0.5) is 17.6 Å². The Morgan fingerprint density at radius 2 is 1.25 bits per heavy atom. The molecule has 1 rings (SSSR count). The summed E-state index contributed by atoms with van der Waals surface area (Å²) in [5.74, 6) is -8.36. The molecular weight excluding hydrogens is 294 g/mol. The third-order valence-electron chi connectivity index (χ3n) is 1.71. The molecule has 0 atom stereocenters. The third-order valence-corrected chi connectivity index (χ3v) is 2.28. The van der Waals surface area contributed by atoms with Gasteiger partial charge in [-0.1, -0.05) is 34.8 Å². The van der Waals surface area contributed by atoms with E-state index < -0.39 is 38.4 Å². The third kappa shape index (κ3) is 2.17. The molecular formula is C8H3Cl3F4O. The summed E-state index contributed by atoms with van der Waals surface area (Å²) < 4.78 is 54.4. The quantitative estimate of drug-likeness (QED) is 0.431. The summed E-state index contributed by atoms with van der Waals surface area (Å²) in [5.41, 5.74) is -1.33. The Balaban J connectivity index is 3.67. The largest absolute Gasteiger partial charge is 0.491 e. The molecule has 90 valence electrons. The van der Waals surface area contributed by atoms with Crippen LogP contribution in [0.15, 0.2) is 0 Å². The average molecular weight is 297 g/mol. The molecule has 0 amide bonds. The lowest BCUT2D eigenvalue weighted by atomic mass is 10.2. The van der Waals surface area contributed by atoms with Crippen molar-refractivity contribution in [2.24, 2.45) is 0 Å². The number of benzene rings is 1. The lowest BCUT2D eigenvalue weighted by molar-refractivity contribution is 0.329. The first kappa shape index (κ1) is 13.7. The van der Waals surface area contributed by atoms with E-state index in [0.717, 1.165) is 7.11 Å². The number of hydrogen-bond donors (Lipinski definition) is 0. The summed E-state index contributed by atoms with van der Waals surface area (Å²) in [4.78, 5) is 0. The van der Waals surface area contributed by atoms with Gasteiger partial charge >= 0.3 is 0 Å². The standard InChI is InChI=1S/C8H3Cl3F4O/c1-16-7-5(14)3(12)2(8(9,10)11)4(13)6(7)15/h1H3. The molecule has 0 aliphatic heterocycles. The number of hydrogen-bond acceptors (Lipinski definition) is 1. The SMILES string of the molecule is COc1c(F)c(F)c(C(Cl)(Cl)Cl)c(F)c1F. The van der Waals surface area contributed by atoms with Gasteiger partial charge in [0.05, 0.1) is 12.7 Å². The smallest absolute Gasteiger partial charge is 0.221 e. The van der Waals surface area contributed by atoms with Gasteiger partial charge in [-0.3, -0.25) is 0 Å². The lowest BCUT2D eigenvalue weighted by Crippen LogP contribution is -2.13. The second kappa shape index (κ2) is 4.47. The molecule has 0 unspecified atom stereocenters. The number of rotatable bonds is 1. The number of alkyl halides is 3. The van der Waals surface area contributed by atoms with Crippen molar-refractivity contribution >= 4 is 34.8 Å². The fourth-order valence-corrected chi connectivity index (χ4v) is 1.54. The van der Waals surface area contributed by atoms with Crippen LogP contribution in [0.25, 0.3) is 0 Å². The molecule has 1 aromatic rings. The molecule has 8 heteroatoms. The molecule has 1 nitrogen and oxygen atoms in total. The predicted octanol–water partition coefficient (Wildman–Crippen LogP) is 4.08. The molecule has 0 heterocycles. The molecule has 0 radical (unpaired) electrons. The molecule has 0 N–H and O–H groups in total. The van der Waals surface area contributed by atoms with Crippen molar-refractivity contribution in [2.45, 2.75) is 3.79 Å². The van der Waals surface area contributed by atoms with Gasteiger partial charge < -0.3 is 4.74 Å². The first-order valence-corrected chi connectivity index (χ1v) is 4.82. The Labute approximate surface area is 103 Å². The van der Waals surface area contributed by atoms with Crippen LogP contribution in [0, 0.1) is 23.3 Å². The molecule has 0 aliphatic rings. The Morgan fingerprint density at radius 3 is 1.50 bits per heavy atom. The van der Waals surface area contributed by atoms with E-state index in [0.29, 0.717) is 0 Å². The Kier molecular flexibility index (Phi) is 3.82. The highest BCUT2D eigenvalue weighted by Gasteiger charge is 2.37. The van der Waals surface area contributed by atoms with Crippen LogP contribution in [0.3, 0.4) is 0 Å². The van der Waals surface area contributed by atoms with Gasteiger partial charge in [0.15, 0.2) is 17.4 Å². The fourth-order valence-electron chi connectivity index (χ4n) is 1.04. The zero-order chi connectivity index (χ0) is 12.7. The summed E-state index contributed by atoms with van der Waals surface area (Å²) >= 11 is 15.6. The minimum absolute atomic E-state index is 0.843. The van der Waals surface area contributed by atoms with E-state index >= 15 is 0 Å². The maximum atomic E-state index is 13.3. The minimum Gasteiger partial charge on any atom is -0.491 e. The van der Waals surface area contributed by atoms with E-state index in [9.17, 15) is 17.6 Å². The Morgan fingerprint density at radius 1 is 0.875 bits per heavy atom. The Bertz CT molecular complexity index is 401. The zero-order valence-corrected chi connectivity index (χ0v) is 9.82. The summed E-state index contributed by atoms with van der Waals surface area (Å²) in [6.07, 6.45) is 0. The Hall–Kier alpha value is -0.390. The average Bonchev–Trinajstić information content (AvgIpc) is 2.14. The second-order valence-electron chi connectivity index (χ2n) is 2.66. The van der Waals surface area contributed by atoms with E-state index in [1.54, 1.807) is 0 Å². The molecule has 0 bridgehead atoms. The van der Waals surface area contributed by atoms with Gasteiger partial charge in [-0.2, -0.15) is 8.78 Å². The molecule has 0 aromatic heterocycles. The lowest BCUT2D eigenvalue weighted by Gasteiger charge is -2.16. The van der Waals surface area contributed by atoms with E-state index in [2.05, 4.69) is 4.74 Å². The van der Waals surface area contributed by atoms with Gasteiger partial charge in [0.1, 0.15) is 0 Å². The molecule has 0 fully saturated rings. The number of methoxy groups -OCH3 is 1. The van der Waals surface area contributed by atoms with Gasteiger partial charge in [-0.15, -0.1) is 0 Å². The molecule has 1 aromatic carbocycles. The van der Waals surface area contributed by atoms with E-state index in [1.807, 2.05) is 0 Å². The number of halogens is 7. The normalized spacial score (nSPS) is 11.8. The minimum atomic E-state index is -2.62. The highest BCUT2D eigenvalue weighted by Crippen LogP contribution is 2.44. The first-order chi connectivity index (χ1) is 7.21. The van der Waals surface area contributed by atoms with Crippen LogP contribution in [0.1, 0.15) is 5.56 Å². The zero-order valence-electron chi connectivity index (χ0n) is 7.55. The first-order valence-electron chi connectivity index (χ1n) is 3.69. The van der Waals surface area contributed by atoms with E-state index in [1.165, 1.54) is 0 Å². The van der Waals surface area contributed by atoms with E-state index in [4.69, 9.17) is 34.8 Å².